The number of hydrogen-bond donors (Lipinski definition) is 1. The lowest BCUT2D eigenvalue weighted by Crippen LogP contribution is -2.45. The first-order valence-electron chi connectivity index (χ1n) is 9.78. The van der Waals surface area contributed by atoms with E-state index >= 15 is 0 Å². The van der Waals surface area contributed by atoms with Gasteiger partial charge in [-0.1, -0.05) is 48.9 Å². The van der Waals surface area contributed by atoms with Gasteiger partial charge in [0.25, 0.3) is 5.91 Å². The molecule has 0 fully saturated rings. The molecule has 4 rings (SSSR count). The van der Waals surface area contributed by atoms with Gasteiger partial charge in [0.15, 0.2) is 0 Å². The smallest absolute Gasteiger partial charge is 0.283 e. The van der Waals surface area contributed by atoms with E-state index < -0.39 is 15.7 Å². The van der Waals surface area contributed by atoms with Gasteiger partial charge in [-0.25, -0.2) is 13.3 Å². The van der Waals surface area contributed by atoms with Crippen LogP contribution in [0, 0.1) is 12.3 Å². The fraction of sp³-hybridized carbons (Fsp3) is 0.182. The number of amidine groups is 3. The summed E-state index contributed by atoms with van der Waals surface area (Å²) < 4.78 is 34.4. The molecular formula is C22H20N4O4S2. The second-order valence-electron chi connectivity index (χ2n) is 7.16. The number of rotatable bonds is 5. The highest BCUT2D eigenvalue weighted by Crippen LogP contribution is 2.30. The number of ether oxygens (including phenoxy) is 1. The van der Waals surface area contributed by atoms with Crippen LogP contribution in [0.1, 0.15) is 23.6 Å². The van der Waals surface area contributed by atoms with Crippen LogP contribution in [0.4, 0.5) is 0 Å². The van der Waals surface area contributed by atoms with Gasteiger partial charge in [-0.05, 0) is 36.3 Å². The maximum atomic E-state index is 12.5. The number of nitrogens with one attached hydrogen (secondary N) is 1. The summed E-state index contributed by atoms with van der Waals surface area (Å²) in [6.45, 7) is 3.95. The number of carbonyl (C=O) groups is 1. The highest BCUT2D eigenvalue weighted by atomic mass is 32.2. The Labute approximate surface area is 190 Å². The number of benzene rings is 2. The summed E-state index contributed by atoms with van der Waals surface area (Å²) in [6.07, 6.45) is 1.51. The van der Waals surface area contributed by atoms with E-state index in [4.69, 9.17) is 10.1 Å². The predicted octanol–water partition coefficient (Wildman–Crippen LogP) is 3.59. The van der Waals surface area contributed by atoms with Crippen LogP contribution in [-0.2, 0) is 21.2 Å². The normalized spacial score (nSPS) is 17.3. The number of amides is 1. The van der Waals surface area contributed by atoms with Crippen molar-refractivity contribution in [1.29, 1.82) is 5.41 Å². The zero-order valence-corrected chi connectivity index (χ0v) is 19.0. The van der Waals surface area contributed by atoms with Crippen LogP contribution in [0.25, 0.3) is 6.08 Å². The minimum Gasteiger partial charge on any atom is -0.489 e. The van der Waals surface area contributed by atoms with Crippen LogP contribution in [0.3, 0.4) is 0 Å². The van der Waals surface area contributed by atoms with Crippen molar-refractivity contribution >= 4 is 49.9 Å². The van der Waals surface area contributed by atoms with Crippen molar-refractivity contribution in [3.8, 4) is 5.75 Å². The maximum Gasteiger partial charge on any atom is 0.283 e. The Morgan fingerprint density at radius 1 is 1.19 bits per heavy atom. The molecule has 2 aromatic carbocycles. The Morgan fingerprint density at radius 3 is 2.62 bits per heavy atom. The molecule has 0 aliphatic carbocycles. The molecule has 0 spiro atoms. The van der Waals surface area contributed by atoms with Crippen molar-refractivity contribution in [2.24, 2.45) is 9.39 Å². The standard InChI is InChI=1S/C22H20N4O4S2/c1-3-32(28,29)22-25-31-21-24-20(27)18(19(23)26(21)22)12-15-7-9-17(10-8-15)30-13-16-6-4-5-14(2)11-16/h4-12,23H,3,13H2,1-2H3/b18-12-,23-19?. The average molecular weight is 469 g/mol. The third kappa shape index (κ3) is 4.37. The molecule has 0 aromatic heterocycles. The lowest BCUT2D eigenvalue weighted by atomic mass is 10.1. The molecule has 2 aliphatic heterocycles. The molecule has 0 bridgehead atoms. The molecule has 10 heteroatoms. The van der Waals surface area contributed by atoms with Crippen molar-refractivity contribution in [3.05, 3.63) is 70.8 Å². The number of hydrogen-bond acceptors (Lipinski definition) is 7. The van der Waals surface area contributed by atoms with Gasteiger partial charge in [-0.3, -0.25) is 10.2 Å². The summed E-state index contributed by atoms with van der Waals surface area (Å²) in [5.74, 6) is -0.377. The zero-order chi connectivity index (χ0) is 22.9. The number of aliphatic imine (C=N–C) groups is 1. The van der Waals surface area contributed by atoms with Gasteiger partial charge in [0.05, 0.1) is 23.3 Å². The molecule has 0 saturated carbocycles. The van der Waals surface area contributed by atoms with Gasteiger partial charge in [-0.2, -0.15) is 9.39 Å². The lowest BCUT2D eigenvalue weighted by Gasteiger charge is -2.24. The van der Waals surface area contributed by atoms with Crippen molar-refractivity contribution in [2.45, 2.75) is 20.5 Å². The number of carbonyl (C=O) groups excluding carboxylic acids is 1. The number of nitrogens with zero attached hydrogens (tertiary/aromatic N) is 3. The highest BCUT2D eigenvalue weighted by Gasteiger charge is 2.42. The van der Waals surface area contributed by atoms with Gasteiger partial charge in [0.2, 0.25) is 20.2 Å². The molecule has 1 amide bonds. The Balaban J connectivity index is 1.53. The van der Waals surface area contributed by atoms with Crippen LogP contribution in [0.5, 0.6) is 5.75 Å². The molecular weight excluding hydrogens is 448 g/mol. The number of fused-ring (bicyclic) bond motifs is 1. The Morgan fingerprint density at radius 2 is 1.94 bits per heavy atom. The first-order chi connectivity index (χ1) is 15.3. The average Bonchev–Trinajstić information content (AvgIpc) is 3.21. The fourth-order valence-electron chi connectivity index (χ4n) is 3.12. The van der Waals surface area contributed by atoms with Gasteiger partial charge in [-0.15, -0.1) is 0 Å². The van der Waals surface area contributed by atoms with Crippen LogP contribution < -0.4 is 4.74 Å². The monoisotopic (exact) mass is 468 g/mol. The molecule has 164 valence electrons. The van der Waals surface area contributed by atoms with E-state index in [1.807, 2.05) is 25.1 Å². The maximum absolute atomic E-state index is 12.5. The number of aryl methyl sites for hydroxylation is 1. The molecule has 2 aliphatic rings. The zero-order valence-electron chi connectivity index (χ0n) is 17.4. The van der Waals surface area contributed by atoms with Gasteiger partial charge in [0.1, 0.15) is 18.2 Å². The minimum atomic E-state index is -3.67. The number of sulfone groups is 1. The summed E-state index contributed by atoms with van der Waals surface area (Å²) in [5, 5.41) is 8.23. The molecule has 0 saturated heterocycles. The molecule has 32 heavy (non-hydrogen) atoms. The largest absolute Gasteiger partial charge is 0.489 e. The van der Waals surface area contributed by atoms with Crippen molar-refractivity contribution in [1.82, 2.24) is 4.90 Å². The van der Waals surface area contributed by atoms with E-state index in [-0.39, 0.29) is 27.5 Å². The highest BCUT2D eigenvalue weighted by molar-refractivity contribution is 8.16. The van der Waals surface area contributed by atoms with Gasteiger partial charge in [0, 0.05) is 0 Å². The molecule has 0 radical (unpaired) electrons. The Hall–Kier alpha value is -3.24. The predicted molar refractivity (Wildman–Crippen MR) is 126 cm³/mol. The SMILES string of the molecule is CCS(=O)(=O)C1=NSC2=NC(=O)/C(=C\c3ccc(OCc4cccc(C)c4)cc3)C(=N)N21. The van der Waals surface area contributed by atoms with Crippen LogP contribution in [0.2, 0.25) is 0 Å². The van der Waals surface area contributed by atoms with E-state index in [1.165, 1.54) is 13.0 Å². The Kier molecular flexibility index (Phi) is 5.98. The molecule has 8 nitrogen and oxygen atoms in total. The van der Waals surface area contributed by atoms with Gasteiger partial charge >= 0.3 is 0 Å². The quantitative estimate of drug-likeness (QED) is 0.530. The summed E-state index contributed by atoms with van der Waals surface area (Å²) in [6, 6.07) is 15.1. The topological polar surface area (TPSA) is 112 Å². The summed E-state index contributed by atoms with van der Waals surface area (Å²) in [7, 11) is -3.67. The minimum absolute atomic E-state index is 0.0105. The third-order valence-corrected chi connectivity index (χ3v) is 7.24. The summed E-state index contributed by atoms with van der Waals surface area (Å²) >= 11 is 0.778. The fourth-order valence-corrected chi connectivity index (χ4v) is 5.09. The molecule has 1 N–H and O–H groups in total. The van der Waals surface area contributed by atoms with E-state index in [1.54, 1.807) is 24.3 Å². The first-order valence-corrected chi connectivity index (χ1v) is 12.2. The van der Waals surface area contributed by atoms with Crippen molar-refractivity contribution in [2.75, 3.05) is 5.75 Å². The van der Waals surface area contributed by atoms with E-state index in [0.29, 0.717) is 17.9 Å². The molecule has 2 aromatic rings. The first kappa shape index (κ1) is 22.0. The van der Waals surface area contributed by atoms with Crippen LogP contribution >= 0.6 is 11.9 Å². The van der Waals surface area contributed by atoms with Crippen molar-refractivity contribution < 1.29 is 17.9 Å². The molecule has 2 heterocycles. The summed E-state index contributed by atoms with van der Waals surface area (Å²) in [5.41, 5.74) is 2.87. The van der Waals surface area contributed by atoms with Crippen LogP contribution in [-0.4, -0.2) is 41.1 Å². The third-order valence-electron chi connectivity index (χ3n) is 4.83. The van der Waals surface area contributed by atoms with Crippen molar-refractivity contribution in [3.63, 3.8) is 0 Å². The summed E-state index contributed by atoms with van der Waals surface area (Å²) in [4.78, 5) is 17.5. The lowest BCUT2D eigenvalue weighted by molar-refractivity contribution is -0.114. The second kappa shape index (κ2) is 8.71. The van der Waals surface area contributed by atoms with E-state index in [9.17, 15) is 13.2 Å². The van der Waals surface area contributed by atoms with Crippen LogP contribution in [0.15, 0.2) is 63.5 Å². The Bertz CT molecular complexity index is 1300. The molecule has 0 atom stereocenters. The van der Waals surface area contributed by atoms with E-state index in [2.05, 4.69) is 15.5 Å². The van der Waals surface area contributed by atoms with E-state index in [0.717, 1.165) is 28.0 Å². The molecule has 0 unspecified atom stereocenters. The van der Waals surface area contributed by atoms with Gasteiger partial charge < -0.3 is 4.74 Å². The second-order valence-corrected chi connectivity index (χ2v) is 10.1.